The van der Waals surface area contributed by atoms with Crippen LogP contribution in [0.3, 0.4) is 0 Å². The molecule has 1 aliphatic heterocycles. The Morgan fingerprint density at radius 1 is 0.692 bits per heavy atom. The summed E-state index contributed by atoms with van der Waals surface area (Å²) in [5.41, 5.74) is 5.98. The maximum Gasteiger partial charge on any atom is 0.0594 e. The van der Waals surface area contributed by atoms with E-state index in [0.29, 0.717) is 0 Å². The molecular weight excluding hydrogens is 318 g/mol. The Labute approximate surface area is 162 Å². The quantitative estimate of drug-likeness (QED) is 0.392. The molecule has 1 fully saturated rings. The largest absolute Gasteiger partial charge is 0.379 e. The minimum Gasteiger partial charge on any atom is -0.379 e. The zero-order valence-corrected chi connectivity index (χ0v) is 17.9. The highest BCUT2D eigenvalue weighted by Crippen LogP contribution is 2.13. The minimum atomic E-state index is 0.887. The Bertz CT molecular complexity index is 500. The summed E-state index contributed by atoms with van der Waals surface area (Å²) in [4.78, 5) is 2.47. The first-order chi connectivity index (χ1) is 12.5. The molecule has 2 nitrogen and oxygen atoms in total. The Morgan fingerprint density at radius 2 is 1.15 bits per heavy atom. The van der Waals surface area contributed by atoms with Gasteiger partial charge in [-0.25, -0.2) is 0 Å². The first-order valence-corrected chi connectivity index (χ1v) is 10.4. The molecule has 0 N–H and O–H groups in total. The molecule has 0 aliphatic carbocycles. The molecule has 26 heavy (non-hydrogen) atoms. The molecule has 0 aromatic rings. The van der Waals surface area contributed by atoms with Gasteiger partial charge < -0.3 is 4.74 Å². The first-order valence-electron chi connectivity index (χ1n) is 10.4. The molecule has 0 atom stereocenters. The number of ether oxygens (including phenoxy) is 1. The van der Waals surface area contributed by atoms with E-state index in [1.54, 1.807) is 0 Å². The van der Waals surface area contributed by atoms with Crippen LogP contribution < -0.4 is 0 Å². The van der Waals surface area contributed by atoms with Crippen LogP contribution in [0.4, 0.5) is 0 Å². The number of morpholine rings is 1. The lowest BCUT2D eigenvalue weighted by Gasteiger charge is -2.25. The van der Waals surface area contributed by atoms with E-state index in [-0.39, 0.29) is 0 Å². The van der Waals surface area contributed by atoms with Gasteiger partial charge in [0.2, 0.25) is 0 Å². The van der Waals surface area contributed by atoms with Crippen LogP contribution in [-0.4, -0.2) is 37.7 Å². The number of hydrogen-bond donors (Lipinski definition) is 0. The maximum absolute atomic E-state index is 5.40. The molecule has 1 saturated heterocycles. The number of rotatable bonds is 11. The lowest BCUT2D eigenvalue weighted by atomic mass is 10.0. The average molecular weight is 360 g/mol. The minimum absolute atomic E-state index is 0.887. The van der Waals surface area contributed by atoms with E-state index in [1.807, 2.05) is 0 Å². The van der Waals surface area contributed by atoms with Crippen LogP contribution in [0.15, 0.2) is 46.6 Å². The van der Waals surface area contributed by atoms with Crippen LogP contribution in [-0.2, 0) is 4.74 Å². The fourth-order valence-electron chi connectivity index (χ4n) is 3.06. The topological polar surface area (TPSA) is 12.5 Å². The van der Waals surface area contributed by atoms with Gasteiger partial charge in [-0.2, -0.15) is 0 Å². The molecule has 0 aromatic carbocycles. The van der Waals surface area contributed by atoms with Crippen LogP contribution in [0.25, 0.3) is 0 Å². The van der Waals surface area contributed by atoms with Gasteiger partial charge in [0.15, 0.2) is 0 Å². The van der Waals surface area contributed by atoms with Gasteiger partial charge in [-0.05, 0) is 73.1 Å². The Kier molecular flexibility index (Phi) is 12.3. The maximum atomic E-state index is 5.40. The van der Waals surface area contributed by atoms with E-state index in [2.05, 4.69) is 63.8 Å². The van der Waals surface area contributed by atoms with E-state index in [0.717, 1.165) is 32.8 Å². The van der Waals surface area contributed by atoms with Gasteiger partial charge in [0.05, 0.1) is 13.2 Å². The van der Waals surface area contributed by atoms with Crippen molar-refractivity contribution >= 4 is 0 Å². The highest BCUT2D eigenvalue weighted by atomic mass is 16.5. The van der Waals surface area contributed by atoms with Gasteiger partial charge in [-0.15, -0.1) is 0 Å². The predicted molar refractivity (Wildman–Crippen MR) is 116 cm³/mol. The molecule has 0 unspecified atom stereocenters. The van der Waals surface area contributed by atoms with E-state index in [1.165, 1.54) is 60.8 Å². The molecule has 0 radical (unpaired) electrons. The Balaban J connectivity index is 2.18. The zero-order chi connectivity index (χ0) is 19.2. The third-order valence-electron chi connectivity index (χ3n) is 4.96. The van der Waals surface area contributed by atoms with E-state index in [4.69, 9.17) is 4.74 Å². The smallest absolute Gasteiger partial charge is 0.0594 e. The molecule has 0 aromatic heterocycles. The van der Waals surface area contributed by atoms with Gasteiger partial charge >= 0.3 is 0 Å². The normalized spacial score (nSPS) is 17.5. The number of hydrogen-bond acceptors (Lipinski definition) is 2. The second-order valence-corrected chi connectivity index (χ2v) is 7.96. The van der Waals surface area contributed by atoms with Crippen molar-refractivity contribution < 1.29 is 4.74 Å². The predicted octanol–water partition coefficient (Wildman–Crippen LogP) is 6.46. The summed E-state index contributed by atoms with van der Waals surface area (Å²) in [5.74, 6) is 0. The van der Waals surface area contributed by atoms with Crippen molar-refractivity contribution in [3.05, 3.63) is 46.6 Å². The van der Waals surface area contributed by atoms with Crippen LogP contribution in [0.2, 0.25) is 0 Å². The molecule has 0 spiro atoms. The van der Waals surface area contributed by atoms with Crippen molar-refractivity contribution in [3.63, 3.8) is 0 Å². The van der Waals surface area contributed by atoms with Crippen LogP contribution in [0, 0.1) is 0 Å². The second kappa shape index (κ2) is 14.0. The molecule has 1 rings (SSSR count). The van der Waals surface area contributed by atoms with Crippen molar-refractivity contribution in [2.45, 2.75) is 73.1 Å². The summed E-state index contributed by atoms with van der Waals surface area (Å²) >= 11 is 0. The molecule has 1 heterocycles. The number of nitrogens with zero attached hydrogens (tertiary/aromatic N) is 1. The SMILES string of the molecule is CC(C)=CCC/C(C)=C/CC/C(C)=C/CC/C(C)=C/CN1CCOCC1. The van der Waals surface area contributed by atoms with Crippen molar-refractivity contribution in [2.75, 3.05) is 32.8 Å². The van der Waals surface area contributed by atoms with Crippen molar-refractivity contribution in [3.8, 4) is 0 Å². The van der Waals surface area contributed by atoms with Crippen molar-refractivity contribution in [1.29, 1.82) is 0 Å². The average Bonchev–Trinajstić information content (AvgIpc) is 2.60. The fourth-order valence-corrected chi connectivity index (χ4v) is 3.06. The molecule has 0 bridgehead atoms. The van der Waals surface area contributed by atoms with E-state index in [9.17, 15) is 0 Å². The summed E-state index contributed by atoms with van der Waals surface area (Å²) in [6.07, 6.45) is 16.7. The fraction of sp³-hybridized carbons (Fsp3) is 0.667. The molecule has 0 saturated carbocycles. The standard InChI is InChI=1S/C24H41NO/c1-21(2)9-6-10-22(3)11-7-12-23(4)13-8-14-24(5)15-16-25-17-19-26-20-18-25/h9,11,13,15H,6-8,10,12,14,16-20H2,1-5H3/b22-11+,23-13+,24-15+. The summed E-state index contributed by atoms with van der Waals surface area (Å²) in [6.45, 7) is 16.2. The zero-order valence-electron chi connectivity index (χ0n) is 17.9. The molecule has 0 amide bonds. The van der Waals surface area contributed by atoms with Crippen LogP contribution in [0.5, 0.6) is 0 Å². The molecule has 2 heteroatoms. The Morgan fingerprint density at radius 3 is 1.65 bits per heavy atom. The Hall–Kier alpha value is -1.12. The van der Waals surface area contributed by atoms with Gasteiger partial charge in [-0.1, -0.05) is 46.6 Å². The lowest BCUT2D eigenvalue weighted by molar-refractivity contribution is 0.0433. The van der Waals surface area contributed by atoms with E-state index < -0.39 is 0 Å². The molecule has 1 aliphatic rings. The highest BCUT2D eigenvalue weighted by Gasteiger charge is 2.07. The molecule has 148 valence electrons. The van der Waals surface area contributed by atoms with Crippen molar-refractivity contribution in [1.82, 2.24) is 4.90 Å². The third kappa shape index (κ3) is 12.3. The van der Waals surface area contributed by atoms with E-state index >= 15 is 0 Å². The first kappa shape index (κ1) is 22.9. The summed E-state index contributed by atoms with van der Waals surface area (Å²) < 4.78 is 5.40. The van der Waals surface area contributed by atoms with Crippen molar-refractivity contribution in [2.24, 2.45) is 0 Å². The van der Waals surface area contributed by atoms with Gasteiger partial charge in [0.25, 0.3) is 0 Å². The summed E-state index contributed by atoms with van der Waals surface area (Å²) in [5, 5.41) is 0. The lowest BCUT2D eigenvalue weighted by Crippen LogP contribution is -2.36. The third-order valence-corrected chi connectivity index (χ3v) is 4.96. The summed E-state index contributed by atoms with van der Waals surface area (Å²) in [6, 6.07) is 0. The van der Waals surface area contributed by atoms with Crippen LogP contribution in [0.1, 0.15) is 73.1 Å². The van der Waals surface area contributed by atoms with Gasteiger partial charge in [0, 0.05) is 19.6 Å². The highest BCUT2D eigenvalue weighted by molar-refractivity contribution is 5.07. The number of allylic oxidation sites excluding steroid dienone is 7. The monoisotopic (exact) mass is 359 g/mol. The molecular formula is C24H41NO. The summed E-state index contributed by atoms with van der Waals surface area (Å²) in [7, 11) is 0. The van der Waals surface area contributed by atoms with Gasteiger partial charge in [0.1, 0.15) is 0 Å². The van der Waals surface area contributed by atoms with Gasteiger partial charge in [-0.3, -0.25) is 4.90 Å². The van der Waals surface area contributed by atoms with Crippen LogP contribution >= 0.6 is 0 Å². The second-order valence-electron chi connectivity index (χ2n) is 7.96.